The van der Waals surface area contributed by atoms with Gasteiger partial charge in [0, 0.05) is 24.2 Å². The first-order valence-electron chi connectivity index (χ1n) is 5.36. The number of rotatable bonds is 4. The molecule has 1 aromatic heterocycles. The number of pyridine rings is 1. The van der Waals surface area contributed by atoms with Crippen molar-refractivity contribution in [3.63, 3.8) is 0 Å². The second-order valence-corrected chi connectivity index (χ2v) is 4.26. The summed E-state index contributed by atoms with van der Waals surface area (Å²) in [6, 6.07) is 5.02. The zero-order valence-electron chi connectivity index (χ0n) is 9.80. The van der Waals surface area contributed by atoms with Crippen LogP contribution >= 0.6 is 0 Å². The first-order chi connectivity index (χ1) is 7.43. The molecule has 1 rings (SSSR count). The van der Waals surface area contributed by atoms with E-state index in [9.17, 15) is 9.59 Å². The number of hydrogen-bond acceptors (Lipinski definition) is 2. The summed E-state index contributed by atoms with van der Waals surface area (Å²) in [4.78, 5) is 22.4. The van der Waals surface area contributed by atoms with Crippen LogP contribution in [-0.2, 0) is 11.2 Å². The fourth-order valence-corrected chi connectivity index (χ4v) is 1.70. The molecule has 0 aromatic carbocycles. The van der Waals surface area contributed by atoms with Crippen LogP contribution in [0.4, 0.5) is 0 Å². The molecule has 1 N–H and O–H groups in total. The molecular formula is C12H17NO3. The maximum absolute atomic E-state index is 11.6. The summed E-state index contributed by atoms with van der Waals surface area (Å²) >= 11 is 0. The second kappa shape index (κ2) is 4.96. The van der Waals surface area contributed by atoms with Crippen LogP contribution in [0.15, 0.2) is 23.0 Å². The van der Waals surface area contributed by atoms with Gasteiger partial charge in [0.1, 0.15) is 0 Å². The Morgan fingerprint density at radius 2 is 2.00 bits per heavy atom. The van der Waals surface area contributed by atoms with Crippen LogP contribution in [0.5, 0.6) is 0 Å². The lowest BCUT2D eigenvalue weighted by atomic mass is 10.0. The molecule has 0 aliphatic heterocycles. The maximum atomic E-state index is 11.6. The number of hydrogen-bond donors (Lipinski definition) is 1. The summed E-state index contributed by atoms with van der Waals surface area (Å²) in [7, 11) is 0. The van der Waals surface area contributed by atoms with Gasteiger partial charge in [0.25, 0.3) is 5.56 Å². The summed E-state index contributed by atoms with van der Waals surface area (Å²) in [6.45, 7) is 5.47. The molecule has 0 aliphatic rings. The van der Waals surface area contributed by atoms with Gasteiger partial charge in [-0.25, -0.2) is 0 Å². The summed E-state index contributed by atoms with van der Waals surface area (Å²) in [5.41, 5.74) is 0.697. The van der Waals surface area contributed by atoms with Crippen molar-refractivity contribution in [2.75, 3.05) is 0 Å². The van der Waals surface area contributed by atoms with E-state index in [-0.39, 0.29) is 11.6 Å². The maximum Gasteiger partial charge on any atom is 0.306 e. The number of carboxylic acid groups (broad SMARTS) is 1. The molecule has 1 atom stereocenters. The van der Waals surface area contributed by atoms with E-state index < -0.39 is 11.9 Å². The highest BCUT2D eigenvalue weighted by molar-refractivity contribution is 5.69. The van der Waals surface area contributed by atoms with Crippen LogP contribution in [0.1, 0.15) is 32.5 Å². The van der Waals surface area contributed by atoms with Gasteiger partial charge in [0.05, 0.1) is 5.92 Å². The zero-order valence-corrected chi connectivity index (χ0v) is 9.80. The van der Waals surface area contributed by atoms with Gasteiger partial charge >= 0.3 is 5.97 Å². The molecule has 4 nitrogen and oxygen atoms in total. The van der Waals surface area contributed by atoms with Crippen molar-refractivity contribution in [2.24, 2.45) is 5.92 Å². The van der Waals surface area contributed by atoms with Crippen molar-refractivity contribution in [2.45, 2.75) is 33.2 Å². The first-order valence-corrected chi connectivity index (χ1v) is 5.36. The number of aromatic nitrogens is 1. The Kier molecular flexibility index (Phi) is 3.88. The standard InChI is InChI=1S/C12H17NO3/c1-8(2)13-10(5-4-6-11(13)14)7-9(3)12(15)16/h4-6,8-9H,7H2,1-3H3,(H,15,16). The van der Waals surface area contributed by atoms with E-state index in [1.165, 1.54) is 6.07 Å². The fourth-order valence-electron chi connectivity index (χ4n) is 1.70. The fraction of sp³-hybridized carbons (Fsp3) is 0.500. The molecule has 0 spiro atoms. The molecule has 1 heterocycles. The summed E-state index contributed by atoms with van der Waals surface area (Å²) < 4.78 is 1.64. The lowest BCUT2D eigenvalue weighted by Crippen LogP contribution is -2.26. The minimum atomic E-state index is -0.841. The third-order valence-electron chi connectivity index (χ3n) is 2.53. The first kappa shape index (κ1) is 12.5. The predicted molar refractivity (Wildman–Crippen MR) is 61.6 cm³/mol. The Morgan fingerprint density at radius 1 is 1.38 bits per heavy atom. The van der Waals surface area contributed by atoms with Crippen LogP contribution in [0.3, 0.4) is 0 Å². The Bertz CT molecular complexity index is 434. The third-order valence-corrected chi connectivity index (χ3v) is 2.53. The molecular weight excluding hydrogens is 206 g/mol. The molecule has 1 aromatic rings. The van der Waals surface area contributed by atoms with Crippen LogP contribution in [0.2, 0.25) is 0 Å². The molecule has 4 heteroatoms. The van der Waals surface area contributed by atoms with E-state index in [0.29, 0.717) is 6.42 Å². The highest BCUT2D eigenvalue weighted by Crippen LogP contribution is 2.11. The second-order valence-electron chi connectivity index (χ2n) is 4.26. The van der Waals surface area contributed by atoms with Gasteiger partial charge in [0.2, 0.25) is 0 Å². The molecule has 0 amide bonds. The van der Waals surface area contributed by atoms with Crippen LogP contribution in [-0.4, -0.2) is 15.6 Å². The molecule has 0 bridgehead atoms. The number of aliphatic carboxylic acids is 1. The van der Waals surface area contributed by atoms with Gasteiger partial charge in [0.15, 0.2) is 0 Å². The summed E-state index contributed by atoms with van der Waals surface area (Å²) in [5.74, 6) is -1.32. The largest absolute Gasteiger partial charge is 0.481 e. The van der Waals surface area contributed by atoms with Gasteiger partial charge in [-0.2, -0.15) is 0 Å². The topological polar surface area (TPSA) is 59.3 Å². The van der Waals surface area contributed by atoms with Crippen LogP contribution < -0.4 is 5.56 Å². The number of carbonyl (C=O) groups is 1. The van der Waals surface area contributed by atoms with E-state index in [0.717, 1.165) is 5.69 Å². The molecule has 0 radical (unpaired) electrons. The Hall–Kier alpha value is -1.58. The molecule has 0 saturated heterocycles. The van der Waals surface area contributed by atoms with Gasteiger partial charge in [-0.05, 0) is 19.9 Å². The highest BCUT2D eigenvalue weighted by atomic mass is 16.4. The van der Waals surface area contributed by atoms with Gasteiger partial charge in [-0.3, -0.25) is 9.59 Å². The van der Waals surface area contributed by atoms with E-state index in [4.69, 9.17) is 5.11 Å². The zero-order chi connectivity index (χ0) is 12.3. The van der Waals surface area contributed by atoms with Crippen molar-refractivity contribution in [3.05, 3.63) is 34.2 Å². The molecule has 0 fully saturated rings. The van der Waals surface area contributed by atoms with E-state index >= 15 is 0 Å². The number of nitrogens with zero attached hydrogens (tertiary/aromatic N) is 1. The summed E-state index contributed by atoms with van der Waals surface area (Å²) in [6.07, 6.45) is 0.379. The van der Waals surface area contributed by atoms with Gasteiger partial charge in [-0.1, -0.05) is 13.0 Å². The van der Waals surface area contributed by atoms with Crippen molar-refractivity contribution in [3.8, 4) is 0 Å². The lowest BCUT2D eigenvalue weighted by Gasteiger charge is -2.17. The van der Waals surface area contributed by atoms with Crippen LogP contribution in [0, 0.1) is 5.92 Å². The Labute approximate surface area is 94.5 Å². The van der Waals surface area contributed by atoms with Crippen molar-refractivity contribution in [1.82, 2.24) is 4.57 Å². The summed E-state index contributed by atoms with van der Waals surface area (Å²) in [5, 5.41) is 8.85. The molecule has 0 aliphatic carbocycles. The molecule has 16 heavy (non-hydrogen) atoms. The minimum absolute atomic E-state index is 0.0460. The highest BCUT2D eigenvalue weighted by Gasteiger charge is 2.15. The van der Waals surface area contributed by atoms with E-state index in [1.807, 2.05) is 13.8 Å². The normalized spacial score (nSPS) is 12.8. The Balaban J connectivity index is 3.09. The SMILES string of the molecule is CC(Cc1cccc(=O)n1C(C)C)C(=O)O. The Morgan fingerprint density at radius 3 is 2.50 bits per heavy atom. The quantitative estimate of drug-likeness (QED) is 0.845. The van der Waals surface area contributed by atoms with Gasteiger partial charge in [-0.15, -0.1) is 0 Å². The third kappa shape index (κ3) is 2.72. The smallest absolute Gasteiger partial charge is 0.306 e. The van der Waals surface area contributed by atoms with Crippen molar-refractivity contribution < 1.29 is 9.90 Å². The lowest BCUT2D eigenvalue weighted by molar-refractivity contribution is -0.141. The molecule has 0 saturated carbocycles. The van der Waals surface area contributed by atoms with Crippen molar-refractivity contribution in [1.29, 1.82) is 0 Å². The monoisotopic (exact) mass is 223 g/mol. The van der Waals surface area contributed by atoms with E-state index in [2.05, 4.69) is 0 Å². The molecule has 1 unspecified atom stereocenters. The number of carboxylic acids is 1. The minimum Gasteiger partial charge on any atom is -0.481 e. The molecule has 88 valence electrons. The van der Waals surface area contributed by atoms with Crippen LogP contribution in [0.25, 0.3) is 0 Å². The van der Waals surface area contributed by atoms with Crippen molar-refractivity contribution >= 4 is 5.97 Å². The van der Waals surface area contributed by atoms with Gasteiger partial charge < -0.3 is 9.67 Å². The van der Waals surface area contributed by atoms with E-state index in [1.54, 1.807) is 23.6 Å². The average Bonchev–Trinajstić information content (AvgIpc) is 2.16. The predicted octanol–water partition coefficient (Wildman–Crippen LogP) is 1.69. The average molecular weight is 223 g/mol.